The lowest BCUT2D eigenvalue weighted by Gasteiger charge is -2.25. The summed E-state index contributed by atoms with van der Waals surface area (Å²) in [5, 5.41) is 0. The van der Waals surface area contributed by atoms with Crippen molar-refractivity contribution in [2.45, 2.75) is 118 Å². The summed E-state index contributed by atoms with van der Waals surface area (Å²) >= 11 is 0. The van der Waals surface area contributed by atoms with Crippen molar-refractivity contribution >= 4 is 0 Å². The molecule has 0 heterocycles. The zero-order valence-corrected chi connectivity index (χ0v) is 21.0. The van der Waals surface area contributed by atoms with Gasteiger partial charge in [-0.15, -0.1) is 0 Å². The molecule has 1 aliphatic carbocycles. The third-order valence-electron chi connectivity index (χ3n) is 7.28. The quantitative estimate of drug-likeness (QED) is 0.414. The number of fused-ring (bicyclic) bond motifs is 4. The summed E-state index contributed by atoms with van der Waals surface area (Å²) in [6.45, 7) is 18.9. The predicted molar refractivity (Wildman–Crippen MR) is 133 cm³/mol. The molecule has 0 unspecified atom stereocenters. The maximum absolute atomic E-state index is 2.51. The second-order valence-electron chi connectivity index (χ2n) is 11.8. The molecule has 30 heavy (non-hydrogen) atoms. The third kappa shape index (κ3) is 5.37. The molecule has 0 radical (unpaired) electrons. The number of hydrogen-bond donors (Lipinski definition) is 0. The summed E-state index contributed by atoms with van der Waals surface area (Å²) in [7, 11) is 0. The summed E-state index contributed by atoms with van der Waals surface area (Å²) in [5.74, 6) is 0. The minimum Gasteiger partial charge on any atom is -0.0561 e. The van der Waals surface area contributed by atoms with Gasteiger partial charge < -0.3 is 0 Å². The fraction of sp³-hybridized carbons (Fsp3) is 0.600. The predicted octanol–water partition coefficient (Wildman–Crippen LogP) is 8.34. The maximum atomic E-state index is 2.51. The van der Waals surface area contributed by atoms with E-state index in [9.17, 15) is 0 Å². The van der Waals surface area contributed by atoms with Crippen LogP contribution in [0.4, 0.5) is 0 Å². The van der Waals surface area contributed by atoms with E-state index in [0.29, 0.717) is 0 Å². The van der Waals surface area contributed by atoms with Crippen LogP contribution in [0.1, 0.15) is 112 Å². The topological polar surface area (TPSA) is 0 Å². The van der Waals surface area contributed by atoms with E-state index in [-0.39, 0.29) is 10.8 Å². The summed E-state index contributed by atoms with van der Waals surface area (Å²) in [5.41, 5.74) is 12.8. The molecule has 0 aromatic heterocycles. The fourth-order valence-corrected chi connectivity index (χ4v) is 4.84. The molecule has 0 saturated heterocycles. The van der Waals surface area contributed by atoms with Crippen molar-refractivity contribution in [1.82, 2.24) is 0 Å². The van der Waals surface area contributed by atoms with E-state index in [1.165, 1.54) is 49.7 Å². The summed E-state index contributed by atoms with van der Waals surface area (Å²) in [6.07, 6.45) is 10.1. The molecule has 1 aliphatic rings. The van der Waals surface area contributed by atoms with Gasteiger partial charge in [0.1, 0.15) is 0 Å². The highest BCUT2D eigenvalue weighted by Crippen LogP contribution is 2.32. The van der Waals surface area contributed by atoms with Crippen LogP contribution in [-0.2, 0) is 36.5 Å². The van der Waals surface area contributed by atoms with Gasteiger partial charge in [0.15, 0.2) is 0 Å². The van der Waals surface area contributed by atoms with Gasteiger partial charge in [-0.05, 0) is 108 Å². The zero-order valence-electron chi connectivity index (χ0n) is 21.0. The number of benzene rings is 2. The molecule has 0 heteroatoms. The highest BCUT2D eigenvalue weighted by atomic mass is 14.2. The lowest BCUT2D eigenvalue weighted by Crippen LogP contribution is -2.15. The minimum atomic E-state index is 0.206. The molecule has 0 saturated carbocycles. The average Bonchev–Trinajstić information content (AvgIpc) is 2.64. The van der Waals surface area contributed by atoms with E-state index in [2.05, 4.69) is 79.7 Å². The van der Waals surface area contributed by atoms with Crippen molar-refractivity contribution in [2.75, 3.05) is 0 Å². The molecular weight excluding hydrogens is 360 g/mol. The molecule has 0 spiro atoms. The molecule has 164 valence electrons. The van der Waals surface area contributed by atoms with Crippen LogP contribution in [0.15, 0.2) is 24.3 Å². The Kier molecular flexibility index (Phi) is 6.85. The third-order valence-corrected chi connectivity index (χ3v) is 7.28. The first-order valence-electron chi connectivity index (χ1n) is 12.2. The SMILES string of the molecule is Cc1c2cc(C(C)(C)C)cc1CCc1cc(C(C)(C)C)cc(c1C)CCCCCC2. The van der Waals surface area contributed by atoms with Crippen LogP contribution < -0.4 is 0 Å². The highest BCUT2D eigenvalue weighted by Gasteiger charge is 2.20. The average molecular weight is 405 g/mol. The maximum Gasteiger partial charge on any atom is -0.0132 e. The van der Waals surface area contributed by atoms with Crippen LogP contribution in [0.2, 0.25) is 0 Å². The summed E-state index contributed by atoms with van der Waals surface area (Å²) in [6, 6.07) is 10.0. The van der Waals surface area contributed by atoms with Crippen molar-refractivity contribution in [3.8, 4) is 0 Å². The molecule has 0 aliphatic heterocycles. The molecule has 3 rings (SSSR count). The Balaban J connectivity index is 2.07. The highest BCUT2D eigenvalue weighted by molar-refractivity contribution is 5.44. The van der Waals surface area contributed by atoms with Crippen molar-refractivity contribution in [3.05, 3.63) is 68.8 Å². The molecule has 0 N–H and O–H groups in total. The van der Waals surface area contributed by atoms with E-state index in [1.807, 2.05) is 0 Å². The van der Waals surface area contributed by atoms with E-state index in [0.717, 1.165) is 12.8 Å². The van der Waals surface area contributed by atoms with Gasteiger partial charge in [0.25, 0.3) is 0 Å². The Bertz CT molecular complexity index is 808. The molecular formula is C30H44. The first-order valence-corrected chi connectivity index (χ1v) is 12.2. The number of rotatable bonds is 0. The van der Waals surface area contributed by atoms with Crippen LogP contribution in [-0.4, -0.2) is 0 Å². The number of hydrogen-bond acceptors (Lipinski definition) is 0. The molecule has 0 nitrogen and oxygen atoms in total. The van der Waals surface area contributed by atoms with E-state index < -0.39 is 0 Å². The molecule has 0 amide bonds. The van der Waals surface area contributed by atoms with Crippen LogP contribution >= 0.6 is 0 Å². The second kappa shape index (κ2) is 8.89. The van der Waals surface area contributed by atoms with Gasteiger partial charge in [-0.3, -0.25) is 0 Å². The van der Waals surface area contributed by atoms with Crippen LogP contribution in [0, 0.1) is 13.8 Å². The first-order chi connectivity index (χ1) is 14.0. The molecule has 0 atom stereocenters. The van der Waals surface area contributed by atoms with Crippen molar-refractivity contribution in [3.63, 3.8) is 0 Å². The van der Waals surface area contributed by atoms with E-state index in [1.54, 1.807) is 33.4 Å². The molecule has 4 bridgehead atoms. The second-order valence-corrected chi connectivity index (χ2v) is 11.8. The Labute approximate surface area is 186 Å². The van der Waals surface area contributed by atoms with Gasteiger partial charge in [0.05, 0.1) is 0 Å². The van der Waals surface area contributed by atoms with Crippen molar-refractivity contribution in [2.24, 2.45) is 0 Å². The number of aryl methyl sites for hydroxylation is 4. The van der Waals surface area contributed by atoms with Gasteiger partial charge >= 0.3 is 0 Å². The largest absolute Gasteiger partial charge is 0.0561 e. The summed E-state index contributed by atoms with van der Waals surface area (Å²) < 4.78 is 0. The van der Waals surface area contributed by atoms with Crippen molar-refractivity contribution < 1.29 is 0 Å². The van der Waals surface area contributed by atoms with Gasteiger partial charge in [-0.1, -0.05) is 78.6 Å². The van der Waals surface area contributed by atoms with Crippen LogP contribution in [0.3, 0.4) is 0 Å². The standard InChI is InChI=1S/C30H44/c1-21-23-13-11-9-10-12-14-24-18-28(30(6,7)8)20-26(22(24)2)16-15-25(21)19-27(17-23)29(3,4)5/h17-20H,9-16H2,1-8H3. The molecule has 2 aromatic carbocycles. The Morgan fingerprint density at radius 2 is 0.767 bits per heavy atom. The molecule has 2 aromatic rings. The Morgan fingerprint density at radius 3 is 1.07 bits per heavy atom. The monoisotopic (exact) mass is 404 g/mol. The smallest absolute Gasteiger partial charge is 0.0132 e. The lowest BCUT2D eigenvalue weighted by molar-refractivity contribution is 0.583. The summed E-state index contributed by atoms with van der Waals surface area (Å²) in [4.78, 5) is 0. The molecule has 0 fully saturated rings. The van der Waals surface area contributed by atoms with Gasteiger partial charge in [0, 0.05) is 0 Å². The van der Waals surface area contributed by atoms with Crippen LogP contribution in [0.25, 0.3) is 0 Å². The Morgan fingerprint density at radius 1 is 0.467 bits per heavy atom. The van der Waals surface area contributed by atoms with E-state index >= 15 is 0 Å². The normalized spacial score (nSPS) is 16.3. The Hall–Kier alpha value is -1.56. The fourth-order valence-electron chi connectivity index (χ4n) is 4.84. The van der Waals surface area contributed by atoms with Gasteiger partial charge in [-0.25, -0.2) is 0 Å². The zero-order chi connectivity index (χ0) is 22.1. The van der Waals surface area contributed by atoms with Gasteiger partial charge in [0.2, 0.25) is 0 Å². The minimum absolute atomic E-state index is 0.206. The first kappa shape index (κ1) is 23.1. The van der Waals surface area contributed by atoms with E-state index in [4.69, 9.17) is 0 Å². The van der Waals surface area contributed by atoms with Crippen molar-refractivity contribution in [1.29, 1.82) is 0 Å². The van der Waals surface area contributed by atoms with Crippen LogP contribution in [0.5, 0.6) is 0 Å². The lowest BCUT2D eigenvalue weighted by atomic mass is 9.80. The van der Waals surface area contributed by atoms with Gasteiger partial charge in [-0.2, -0.15) is 0 Å².